The van der Waals surface area contributed by atoms with Gasteiger partial charge in [0.1, 0.15) is 24.4 Å². The molecule has 1 rings (SSSR count). The Morgan fingerprint density at radius 2 is 0.735 bits per heavy atom. The molecule has 0 aromatic heterocycles. The molecule has 1 aliphatic rings. The van der Waals surface area contributed by atoms with Gasteiger partial charge in [0.2, 0.25) is 5.91 Å². The third-order valence-electron chi connectivity index (χ3n) is 15.0. The normalized spacial score (nSPS) is 19.4. The van der Waals surface area contributed by atoms with Crippen molar-refractivity contribution < 1.29 is 39.8 Å². The Kier molecular flexibility index (Phi) is 47.7. The van der Waals surface area contributed by atoms with Gasteiger partial charge < -0.3 is 40.3 Å². The van der Waals surface area contributed by atoms with Gasteiger partial charge in [0.25, 0.3) is 0 Å². The minimum atomic E-state index is -1.55. The van der Waals surface area contributed by atoms with E-state index in [1.165, 1.54) is 250 Å². The summed E-state index contributed by atoms with van der Waals surface area (Å²) >= 11 is 0. The van der Waals surface area contributed by atoms with Gasteiger partial charge in [-0.25, -0.2) is 0 Å². The molecule has 0 aliphatic carbocycles. The molecule has 0 spiro atoms. The highest BCUT2D eigenvalue weighted by Crippen LogP contribution is 2.24. The molecule has 9 heteroatoms. The Balaban J connectivity index is 2.15. The fourth-order valence-electron chi connectivity index (χ4n) is 10.2. The first kappa shape index (κ1) is 65.2. The van der Waals surface area contributed by atoms with Gasteiger partial charge >= 0.3 is 0 Å². The fraction of sp³-hybridized carbons (Fsp3) is 0.983. The first-order chi connectivity index (χ1) is 33.3. The number of aliphatic hydroxyl groups is 5. The maximum absolute atomic E-state index is 13.1. The van der Waals surface area contributed by atoms with Gasteiger partial charge in [0.05, 0.1) is 25.4 Å². The molecule has 9 nitrogen and oxygen atoms in total. The quantitative estimate of drug-likeness (QED) is 0.0330. The molecular weight excluding hydrogens is 851 g/mol. The van der Waals surface area contributed by atoms with Crippen molar-refractivity contribution in [1.82, 2.24) is 5.32 Å². The van der Waals surface area contributed by atoms with Crippen LogP contribution in [0.2, 0.25) is 0 Å². The second-order valence-corrected chi connectivity index (χ2v) is 21.5. The van der Waals surface area contributed by atoms with Crippen LogP contribution in [0.5, 0.6) is 0 Å². The van der Waals surface area contributed by atoms with E-state index in [9.17, 15) is 30.3 Å². The number of carbonyl (C=O) groups is 1. The molecule has 0 aromatic rings. The van der Waals surface area contributed by atoms with Crippen molar-refractivity contribution >= 4 is 5.91 Å². The molecule has 0 aromatic carbocycles. The maximum Gasteiger partial charge on any atom is 0.220 e. The molecule has 1 heterocycles. The van der Waals surface area contributed by atoms with Crippen LogP contribution in [0.4, 0.5) is 0 Å². The molecule has 0 bridgehead atoms. The Morgan fingerprint density at radius 1 is 0.441 bits per heavy atom. The van der Waals surface area contributed by atoms with Crippen LogP contribution in [-0.4, -0.2) is 87.5 Å². The zero-order valence-electron chi connectivity index (χ0n) is 45.2. The van der Waals surface area contributed by atoms with E-state index < -0.39 is 49.5 Å². The Labute approximate surface area is 421 Å². The van der Waals surface area contributed by atoms with Crippen LogP contribution in [0.15, 0.2) is 0 Å². The summed E-state index contributed by atoms with van der Waals surface area (Å²) in [6.45, 7) is 3.89. The molecule has 1 aliphatic heterocycles. The topological polar surface area (TPSA) is 149 Å². The number of hydrogen-bond acceptors (Lipinski definition) is 8. The molecule has 1 amide bonds. The molecule has 406 valence electrons. The summed E-state index contributed by atoms with van der Waals surface area (Å²) in [5, 5.41) is 54.7. The number of unbranched alkanes of at least 4 members (excludes halogenated alkanes) is 43. The number of ether oxygens (including phenoxy) is 2. The van der Waals surface area contributed by atoms with Crippen molar-refractivity contribution in [2.24, 2.45) is 0 Å². The average molecular weight is 969 g/mol. The van der Waals surface area contributed by atoms with Crippen molar-refractivity contribution in [2.75, 3.05) is 13.2 Å². The monoisotopic (exact) mass is 968 g/mol. The van der Waals surface area contributed by atoms with Crippen molar-refractivity contribution in [2.45, 2.75) is 358 Å². The number of aliphatic hydroxyl groups excluding tert-OH is 5. The summed E-state index contributed by atoms with van der Waals surface area (Å²) in [6.07, 6.45) is 52.8. The lowest BCUT2D eigenvalue weighted by Gasteiger charge is -2.40. The van der Waals surface area contributed by atoms with Crippen LogP contribution in [0, 0.1) is 0 Å². The second kappa shape index (κ2) is 49.8. The van der Waals surface area contributed by atoms with Crippen LogP contribution >= 0.6 is 0 Å². The van der Waals surface area contributed by atoms with E-state index in [1.54, 1.807) is 0 Å². The summed E-state index contributed by atoms with van der Waals surface area (Å²) in [7, 11) is 0. The lowest BCUT2D eigenvalue weighted by Crippen LogP contribution is -2.60. The number of rotatable bonds is 53. The van der Waals surface area contributed by atoms with Gasteiger partial charge in [-0.15, -0.1) is 0 Å². The number of hydrogen-bond donors (Lipinski definition) is 6. The Morgan fingerprint density at radius 3 is 1.04 bits per heavy atom. The van der Waals surface area contributed by atoms with Crippen molar-refractivity contribution in [3.05, 3.63) is 0 Å². The summed E-state index contributed by atoms with van der Waals surface area (Å²) in [5.74, 6) is -0.135. The Hall–Kier alpha value is -0.810. The third kappa shape index (κ3) is 38.8. The van der Waals surface area contributed by atoms with Gasteiger partial charge in [-0.2, -0.15) is 0 Å². The third-order valence-corrected chi connectivity index (χ3v) is 15.0. The summed E-state index contributed by atoms with van der Waals surface area (Å²) in [5.41, 5.74) is 0. The molecule has 6 N–H and O–H groups in total. The molecule has 1 fully saturated rings. The highest BCUT2D eigenvalue weighted by atomic mass is 16.7. The van der Waals surface area contributed by atoms with E-state index in [0.717, 1.165) is 38.5 Å². The van der Waals surface area contributed by atoms with E-state index in [4.69, 9.17) is 9.47 Å². The SMILES string of the molecule is CCCCCCCCCCCCCCCCCCCCCCCCCCCCC(=O)NC(COC1OC(CO)C(O)C(O)C1O)C(O)CCCCCCCCCCCCCCCCCCCCC. The zero-order chi connectivity index (χ0) is 49.4. The van der Waals surface area contributed by atoms with Crippen molar-refractivity contribution in [1.29, 1.82) is 0 Å². The average Bonchev–Trinajstić information content (AvgIpc) is 3.34. The number of carbonyl (C=O) groups excluding carboxylic acids is 1. The van der Waals surface area contributed by atoms with E-state index in [1.807, 2.05) is 0 Å². The van der Waals surface area contributed by atoms with E-state index >= 15 is 0 Å². The van der Waals surface area contributed by atoms with E-state index in [0.29, 0.717) is 12.8 Å². The van der Waals surface area contributed by atoms with Crippen LogP contribution in [0.1, 0.15) is 316 Å². The zero-order valence-corrected chi connectivity index (χ0v) is 45.2. The first-order valence-corrected chi connectivity index (χ1v) is 30.2. The van der Waals surface area contributed by atoms with Crippen LogP contribution in [0.25, 0.3) is 0 Å². The van der Waals surface area contributed by atoms with E-state index in [2.05, 4.69) is 19.2 Å². The smallest absolute Gasteiger partial charge is 0.220 e. The molecule has 0 radical (unpaired) electrons. The number of amides is 1. The molecular formula is C59H117NO8. The van der Waals surface area contributed by atoms with Gasteiger partial charge in [-0.1, -0.05) is 296 Å². The lowest BCUT2D eigenvalue weighted by molar-refractivity contribution is -0.302. The lowest BCUT2D eigenvalue weighted by atomic mass is 9.99. The molecule has 68 heavy (non-hydrogen) atoms. The minimum Gasteiger partial charge on any atom is -0.394 e. The first-order valence-electron chi connectivity index (χ1n) is 30.2. The maximum atomic E-state index is 13.1. The highest BCUT2D eigenvalue weighted by molar-refractivity contribution is 5.76. The number of nitrogens with one attached hydrogen (secondary N) is 1. The van der Waals surface area contributed by atoms with E-state index in [-0.39, 0.29) is 12.5 Å². The van der Waals surface area contributed by atoms with Crippen LogP contribution in [-0.2, 0) is 14.3 Å². The molecule has 7 unspecified atom stereocenters. The molecule has 0 saturated carbocycles. The van der Waals surface area contributed by atoms with Crippen molar-refractivity contribution in [3.8, 4) is 0 Å². The molecule has 7 atom stereocenters. The van der Waals surface area contributed by atoms with Gasteiger partial charge in [0, 0.05) is 6.42 Å². The fourth-order valence-corrected chi connectivity index (χ4v) is 10.2. The van der Waals surface area contributed by atoms with Gasteiger partial charge in [0.15, 0.2) is 6.29 Å². The van der Waals surface area contributed by atoms with Crippen LogP contribution in [0.3, 0.4) is 0 Å². The summed E-state index contributed by atoms with van der Waals surface area (Å²) in [4.78, 5) is 13.1. The van der Waals surface area contributed by atoms with Crippen LogP contribution < -0.4 is 5.32 Å². The predicted molar refractivity (Wildman–Crippen MR) is 286 cm³/mol. The highest BCUT2D eigenvalue weighted by Gasteiger charge is 2.44. The van der Waals surface area contributed by atoms with Gasteiger partial charge in [-0.3, -0.25) is 4.79 Å². The molecule has 1 saturated heterocycles. The standard InChI is InChI=1S/C59H117NO8/c1-3-5-7-9-11-13-15-17-19-21-23-24-25-26-27-28-29-31-33-35-37-39-41-43-45-47-49-55(63)60-52(51-67-59-58(66)57(65)56(64)54(50-61)68-59)53(62)48-46-44-42-40-38-36-34-32-30-22-20-18-16-14-12-10-8-6-4-2/h52-54,56-59,61-62,64-66H,3-51H2,1-2H3,(H,60,63). The van der Waals surface area contributed by atoms with Gasteiger partial charge in [-0.05, 0) is 12.8 Å². The summed E-state index contributed by atoms with van der Waals surface area (Å²) in [6, 6.07) is -0.713. The second-order valence-electron chi connectivity index (χ2n) is 21.5. The summed E-state index contributed by atoms with van der Waals surface area (Å²) < 4.78 is 11.3. The largest absolute Gasteiger partial charge is 0.394 e. The minimum absolute atomic E-state index is 0.131. The Bertz CT molecular complexity index is 1030. The predicted octanol–water partition coefficient (Wildman–Crippen LogP) is 15.0. The van der Waals surface area contributed by atoms with Crippen molar-refractivity contribution in [3.63, 3.8) is 0 Å².